The van der Waals surface area contributed by atoms with Gasteiger partial charge in [0.1, 0.15) is 12.9 Å². The number of ether oxygens (including phenoxy) is 2. The summed E-state index contributed by atoms with van der Waals surface area (Å²) in [5.74, 6) is 1.47. The largest absolute Gasteiger partial charge is 0.490 e. The SMILES string of the molecule is CCOc1cc(CNn2cn[nH]c2=S)ccc1OCc1ccccc1C. The zero-order chi connectivity index (χ0) is 18.4. The smallest absolute Gasteiger partial charge is 0.214 e. The number of aromatic amines is 1. The highest BCUT2D eigenvalue weighted by atomic mass is 32.1. The molecule has 0 spiro atoms. The summed E-state index contributed by atoms with van der Waals surface area (Å²) in [6.07, 6.45) is 1.60. The van der Waals surface area contributed by atoms with Gasteiger partial charge in [-0.15, -0.1) is 0 Å². The van der Waals surface area contributed by atoms with Gasteiger partial charge in [-0.1, -0.05) is 30.3 Å². The number of hydrogen-bond acceptors (Lipinski definition) is 5. The predicted molar refractivity (Wildman–Crippen MR) is 104 cm³/mol. The van der Waals surface area contributed by atoms with E-state index in [1.807, 2.05) is 37.3 Å². The summed E-state index contributed by atoms with van der Waals surface area (Å²) < 4.78 is 13.9. The third-order valence-electron chi connectivity index (χ3n) is 3.96. The van der Waals surface area contributed by atoms with Gasteiger partial charge < -0.3 is 14.9 Å². The third kappa shape index (κ3) is 4.43. The second kappa shape index (κ2) is 8.53. The Morgan fingerprint density at radius 3 is 2.73 bits per heavy atom. The Bertz CT molecular complexity index is 920. The summed E-state index contributed by atoms with van der Waals surface area (Å²) in [4.78, 5) is 0. The van der Waals surface area contributed by atoms with E-state index in [2.05, 4.69) is 34.7 Å². The van der Waals surface area contributed by atoms with Crippen molar-refractivity contribution < 1.29 is 9.47 Å². The van der Waals surface area contributed by atoms with Crippen molar-refractivity contribution in [1.29, 1.82) is 0 Å². The molecule has 0 aliphatic heterocycles. The molecule has 0 saturated heterocycles. The van der Waals surface area contributed by atoms with Crippen molar-refractivity contribution in [3.05, 3.63) is 70.3 Å². The van der Waals surface area contributed by atoms with Crippen molar-refractivity contribution in [3.8, 4) is 11.5 Å². The highest BCUT2D eigenvalue weighted by Crippen LogP contribution is 2.29. The van der Waals surface area contributed by atoms with Gasteiger partial charge in [0.15, 0.2) is 11.5 Å². The fourth-order valence-corrected chi connectivity index (χ4v) is 2.68. The summed E-state index contributed by atoms with van der Waals surface area (Å²) in [6.45, 7) is 5.71. The van der Waals surface area contributed by atoms with Crippen LogP contribution in [0.2, 0.25) is 0 Å². The number of nitrogens with zero attached hydrogens (tertiary/aromatic N) is 2. The standard InChI is InChI=1S/C19H22N4O2S/c1-3-24-18-10-15(11-21-23-13-20-22-19(23)26)8-9-17(18)25-12-16-7-5-4-6-14(16)2/h4-10,13,21H,3,11-12H2,1-2H3,(H,22,26). The molecule has 7 heteroatoms. The van der Waals surface area contributed by atoms with E-state index in [9.17, 15) is 0 Å². The molecule has 2 N–H and O–H groups in total. The lowest BCUT2D eigenvalue weighted by molar-refractivity contribution is 0.268. The normalized spacial score (nSPS) is 10.5. The molecule has 0 radical (unpaired) electrons. The molecule has 6 nitrogen and oxygen atoms in total. The second-order valence-electron chi connectivity index (χ2n) is 5.80. The zero-order valence-corrected chi connectivity index (χ0v) is 15.7. The number of aromatic nitrogens is 3. The maximum absolute atomic E-state index is 6.00. The minimum Gasteiger partial charge on any atom is -0.490 e. The minimum absolute atomic E-state index is 0.508. The van der Waals surface area contributed by atoms with E-state index in [0.717, 1.165) is 22.6 Å². The Morgan fingerprint density at radius 2 is 2.00 bits per heavy atom. The van der Waals surface area contributed by atoms with Gasteiger partial charge in [-0.05, 0) is 54.9 Å². The molecule has 0 amide bonds. The van der Waals surface area contributed by atoms with E-state index in [4.69, 9.17) is 21.7 Å². The quantitative estimate of drug-likeness (QED) is 0.588. The number of aryl methyl sites for hydroxylation is 1. The number of H-pyrrole nitrogens is 1. The molecule has 1 aromatic heterocycles. The van der Waals surface area contributed by atoms with Gasteiger partial charge in [0.2, 0.25) is 4.77 Å². The van der Waals surface area contributed by atoms with Gasteiger partial charge in [0.05, 0.1) is 13.2 Å². The molecular formula is C19H22N4O2S. The Kier molecular flexibility index (Phi) is 5.91. The monoisotopic (exact) mass is 370 g/mol. The van der Waals surface area contributed by atoms with Crippen molar-refractivity contribution in [1.82, 2.24) is 14.9 Å². The summed E-state index contributed by atoms with van der Waals surface area (Å²) in [6, 6.07) is 14.1. The topological polar surface area (TPSA) is 64.1 Å². The van der Waals surface area contributed by atoms with Crippen LogP contribution in [0.25, 0.3) is 0 Å². The number of nitrogens with one attached hydrogen (secondary N) is 2. The molecule has 3 aromatic rings. The van der Waals surface area contributed by atoms with Gasteiger partial charge in [-0.25, -0.2) is 4.68 Å². The third-order valence-corrected chi connectivity index (χ3v) is 4.25. The highest BCUT2D eigenvalue weighted by Gasteiger charge is 2.08. The van der Waals surface area contributed by atoms with Crippen LogP contribution < -0.4 is 14.9 Å². The molecule has 0 saturated carbocycles. The van der Waals surface area contributed by atoms with E-state index in [-0.39, 0.29) is 0 Å². The molecule has 0 fully saturated rings. The summed E-state index contributed by atoms with van der Waals surface area (Å²) >= 11 is 5.12. The summed E-state index contributed by atoms with van der Waals surface area (Å²) in [7, 11) is 0. The van der Waals surface area contributed by atoms with E-state index in [1.165, 1.54) is 5.56 Å². The Labute approximate surface area is 157 Å². The molecule has 26 heavy (non-hydrogen) atoms. The van der Waals surface area contributed by atoms with Crippen molar-refractivity contribution >= 4 is 12.2 Å². The van der Waals surface area contributed by atoms with Gasteiger partial charge in [-0.3, -0.25) is 5.10 Å². The van der Waals surface area contributed by atoms with Crippen LogP contribution in [-0.4, -0.2) is 21.5 Å². The maximum Gasteiger partial charge on any atom is 0.214 e. The first-order chi connectivity index (χ1) is 12.7. The highest BCUT2D eigenvalue weighted by molar-refractivity contribution is 7.71. The Morgan fingerprint density at radius 1 is 1.15 bits per heavy atom. The van der Waals surface area contributed by atoms with E-state index in [1.54, 1.807) is 11.0 Å². The van der Waals surface area contributed by atoms with Crippen molar-refractivity contribution in [2.24, 2.45) is 0 Å². The van der Waals surface area contributed by atoms with Crippen LogP contribution in [0.5, 0.6) is 11.5 Å². The number of rotatable bonds is 8. The number of benzene rings is 2. The van der Waals surface area contributed by atoms with Crippen LogP contribution in [0.3, 0.4) is 0 Å². The van der Waals surface area contributed by atoms with Gasteiger partial charge in [0.25, 0.3) is 0 Å². The van der Waals surface area contributed by atoms with Crippen LogP contribution in [0.4, 0.5) is 0 Å². The molecular weight excluding hydrogens is 348 g/mol. The molecule has 2 aromatic carbocycles. The summed E-state index contributed by atoms with van der Waals surface area (Å²) in [5, 5.41) is 6.59. The van der Waals surface area contributed by atoms with E-state index < -0.39 is 0 Å². The van der Waals surface area contributed by atoms with Crippen molar-refractivity contribution in [2.75, 3.05) is 12.0 Å². The average Bonchev–Trinajstić information content (AvgIpc) is 3.05. The van der Waals surface area contributed by atoms with Crippen molar-refractivity contribution in [3.63, 3.8) is 0 Å². The molecule has 3 rings (SSSR count). The molecule has 0 bridgehead atoms. The molecule has 1 heterocycles. The first-order valence-corrected chi connectivity index (χ1v) is 8.87. The van der Waals surface area contributed by atoms with Crippen LogP contribution in [0.15, 0.2) is 48.8 Å². The first-order valence-electron chi connectivity index (χ1n) is 8.46. The summed E-state index contributed by atoms with van der Waals surface area (Å²) in [5.41, 5.74) is 6.61. The van der Waals surface area contributed by atoms with Crippen molar-refractivity contribution in [2.45, 2.75) is 27.0 Å². The zero-order valence-electron chi connectivity index (χ0n) is 14.9. The molecule has 0 atom stereocenters. The molecule has 0 aliphatic rings. The molecule has 0 unspecified atom stereocenters. The van der Waals surface area contributed by atoms with E-state index >= 15 is 0 Å². The van der Waals surface area contributed by atoms with E-state index in [0.29, 0.717) is 24.5 Å². The Balaban J connectivity index is 1.70. The van der Waals surface area contributed by atoms with Crippen LogP contribution >= 0.6 is 12.2 Å². The molecule has 136 valence electrons. The number of hydrogen-bond donors (Lipinski definition) is 2. The lowest BCUT2D eigenvalue weighted by atomic mass is 10.1. The van der Waals surface area contributed by atoms with Gasteiger partial charge in [0, 0.05) is 0 Å². The van der Waals surface area contributed by atoms with Gasteiger partial charge in [-0.2, -0.15) is 5.10 Å². The second-order valence-corrected chi connectivity index (χ2v) is 6.18. The fourth-order valence-electron chi connectivity index (χ4n) is 2.51. The first kappa shape index (κ1) is 18.0. The average molecular weight is 370 g/mol. The Hall–Kier alpha value is -2.80. The van der Waals surface area contributed by atoms with Crippen LogP contribution in [0.1, 0.15) is 23.6 Å². The van der Waals surface area contributed by atoms with Gasteiger partial charge >= 0.3 is 0 Å². The predicted octanol–water partition coefficient (Wildman–Crippen LogP) is 3.97. The van der Waals surface area contributed by atoms with Crippen LogP contribution in [-0.2, 0) is 13.2 Å². The maximum atomic E-state index is 6.00. The molecule has 0 aliphatic carbocycles. The lowest BCUT2D eigenvalue weighted by Crippen LogP contribution is -2.13. The van der Waals surface area contributed by atoms with Crippen LogP contribution in [0, 0.1) is 11.7 Å². The minimum atomic E-state index is 0.508. The fraction of sp³-hybridized carbons (Fsp3) is 0.263. The lowest BCUT2D eigenvalue weighted by Gasteiger charge is -2.15.